The second kappa shape index (κ2) is 7.62. The zero-order valence-electron chi connectivity index (χ0n) is 15.7. The first kappa shape index (κ1) is 19.3. The van der Waals surface area contributed by atoms with Crippen molar-refractivity contribution in [3.63, 3.8) is 0 Å². The molecule has 1 unspecified atom stereocenters. The molecule has 3 rings (SSSR count). The minimum atomic E-state index is -1.01. The van der Waals surface area contributed by atoms with Crippen LogP contribution in [0.1, 0.15) is 51.5 Å². The Morgan fingerprint density at radius 3 is 2.67 bits per heavy atom. The maximum Gasteiger partial charge on any atom is 0.336 e. The number of hydrogen-bond acceptors (Lipinski definition) is 4. The number of rotatable bonds is 4. The van der Waals surface area contributed by atoms with E-state index in [2.05, 4.69) is 5.32 Å². The van der Waals surface area contributed by atoms with Gasteiger partial charge in [0.1, 0.15) is 0 Å². The molecule has 1 N–H and O–H groups in total. The van der Waals surface area contributed by atoms with Crippen molar-refractivity contribution < 1.29 is 23.1 Å². The minimum absolute atomic E-state index is 0.0832. The number of esters is 1. The van der Waals surface area contributed by atoms with Crippen LogP contribution in [0.2, 0.25) is 0 Å². The highest BCUT2D eigenvalue weighted by Crippen LogP contribution is 2.42. The average molecular weight is 375 g/mol. The third kappa shape index (κ3) is 3.80. The molecule has 0 bridgehead atoms. The van der Waals surface area contributed by atoms with Crippen LogP contribution in [0.25, 0.3) is 0 Å². The zero-order valence-corrected chi connectivity index (χ0v) is 15.7. The summed E-state index contributed by atoms with van der Waals surface area (Å²) >= 11 is 0. The number of carbonyl (C=O) groups is 2. The van der Waals surface area contributed by atoms with Crippen molar-refractivity contribution >= 4 is 11.8 Å². The molecule has 1 atom stereocenters. The second-order valence-corrected chi connectivity index (χ2v) is 7.43. The summed E-state index contributed by atoms with van der Waals surface area (Å²) in [6.07, 6.45) is 1.76. The molecule has 1 heterocycles. The lowest BCUT2D eigenvalue weighted by molar-refractivity contribution is -0.140. The minimum Gasteiger partial charge on any atom is -0.462 e. The van der Waals surface area contributed by atoms with E-state index in [0.717, 1.165) is 24.3 Å². The number of benzene rings is 1. The molecule has 1 aromatic rings. The Morgan fingerprint density at radius 2 is 2.00 bits per heavy atom. The summed E-state index contributed by atoms with van der Waals surface area (Å²) in [5, 5.41) is 3.16. The first-order valence-electron chi connectivity index (χ1n) is 9.15. The molecule has 0 aromatic heterocycles. The lowest BCUT2D eigenvalue weighted by Crippen LogP contribution is -2.34. The highest BCUT2D eigenvalue weighted by Gasteiger charge is 2.39. The molecule has 4 nitrogen and oxygen atoms in total. The highest BCUT2D eigenvalue weighted by atomic mass is 19.2. The molecule has 0 saturated carbocycles. The number of dihydropyridines is 1. The fourth-order valence-electron chi connectivity index (χ4n) is 3.60. The van der Waals surface area contributed by atoms with E-state index in [4.69, 9.17) is 4.74 Å². The number of ether oxygens (including phenoxy) is 1. The molecule has 0 fully saturated rings. The number of carbonyl (C=O) groups excluding carboxylic acids is 2. The van der Waals surface area contributed by atoms with E-state index in [-0.39, 0.29) is 23.9 Å². The Hall–Kier alpha value is -2.50. The fourth-order valence-corrected chi connectivity index (χ4v) is 3.60. The van der Waals surface area contributed by atoms with E-state index in [1.807, 2.05) is 13.8 Å². The van der Waals surface area contributed by atoms with Crippen molar-refractivity contribution in [2.24, 2.45) is 5.92 Å². The molecule has 1 aliphatic heterocycles. The van der Waals surface area contributed by atoms with E-state index in [9.17, 15) is 18.4 Å². The van der Waals surface area contributed by atoms with Gasteiger partial charge in [0.15, 0.2) is 17.4 Å². The van der Waals surface area contributed by atoms with Gasteiger partial charge in [-0.25, -0.2) is 13.6 Å². The summed E-state index contributed by atoms with van der Waals surface area (Å²) in [4.78, 5) is 25.5. The molecular formula is C21H23F2NO3. The Labute approximate surface area is 157 Å². The zero-order chi connectivity index (χ0) is 19.7. The molecule has 1 aliphatic carbocycles. The van der Waals surface area contributed by atoms with Crippen molar-refractivity contribution in [1.29, 1.82) is 0 Å². The van der Waals surface area contributed by atoms with Gasteiger partial charge < -0.3 is 10.1 Å². The van der Waals surface area contributed by atoms with Crippen LogP contribution in [-0.4, -0.2) is 18.4 Å². The number of allylic oxidation sites excluding steroid dienone is 3. The average Bonchev–Trinajstić information content (AvgIpc) is 2.61. The van der Waals surface area contributed by atoms with Crippen molar-refractivity contribution in [3.8, 4) is 0 Å². The number of hydrogen-bond donors (Lipinski definition) is 1. The molecule has 1 aromatic carbocycles. The van der Waals surface area contributed by atoms with Gasteiger partial charge in [-0.1, -0.05) is 19.9 Å². The first-order valence-corrected chi connectivity index (χ1v) is 9.15. The molecular weight excluding hydrogens is 352 g/mol. The van der Waals surface area contributed by atoms with Crippen LogP contribution < -0.4 is 5.32 Å². The maximum absolute atomic E-state index is 13.9. The predicted molar refractivity (Wildman–Crippen MR) is 96.6 cm³/mol. The van der Waals surface area contributed by atoms with Crippen LogP contribution in [0.3, 0.4) is 0 Å². The number of ketones is 1. The number of Topliss-reactive ketones (excluding diaryl/α,β-unsaturated/α-hetero) is 1. The van der Waals surface area contributed by atoms with Crippen LogP contribution in [-0.2, 0) is 14.3 Å². The predicted octanol–water partition coefficient (Wildman–Crippen LogP) is 4.13. The lowest BCUT2D eigenvalue weighted by Gasteiger charge is -2.34. The maximum atomic E-state index is 13.9. The summed E-state index contributed by atoms with van der Waals surface area (Å²) in [6, 6.07) is 3.50. The summed E-state index contributed by atoms with van der Waals surface area (Å²) in [6.45, 7) is 5.82. The monoisotopic (exact) mass is 375 g/mol. The Morgan fingerprint density at radius 1 is 1.26 bits per heavy atom. The fraction of sp³-hybridized carbons (Fsp3) is 0.429. The molecule has 0 spiro atoms. The third-order valence-electron chi connectivity index (χ3n) is 4.82. The number of nitrogens with one attached hydrogen (secondary N) is 1. The second-order valence-electron chi connectivity index (χ2n) is 7.43. The van der Waals surface area contributed by atoms with E-state index < -0.39 is 23.5 Å². The summed E-state index contributed by atoms with van der Waals surface area (Å²) < 4.78 is 32.8. The van der Waals surface area contributed by atoms with Crippen molar-refractivity contribution in [2.45, 2.75) is 46.0 Å². The van der Waals surface area contributed by atoms with Gasteiger partial charge in [-0.05, 0) is 43.4 Å². The molecule has 144 valence electrons. The normalized spacial score (nSPS) is 19.9. The van der Waals surface area contributed by atoms with Crippen molar-refractivity contribution in [3.05, 3.63) is 57.9 Å². The van der Waals surface area contributed by atoms with Gasteiger partial charge in [-0.3, -0.25) is 4.79 Å². The van der Waals surface area contributed by atoms with Gasteiger partial charge in [-0.2, -0.15) is 0 Å². The van der Waals surface area contributed by atoms with Gasteiger partial charge in [-0.15, -0.1) is 0 Å². The van der Waals surface area contributed by atoms with E-state index in [0.29, 0.717) is 29.7 Å². The molecule has 0 radical (unpaired) electrons. The van der Waals surface area contributed by atoms with Crippen LogP contribution in [0.15, 0.2) is 40.7 Å². The Bertz CT molecular complexity index is 855. The van der Waals surface area contributed by atoms with Crippen molar-refractivity contribution in [1.82, 2.24) is 5.32 Å². The molecule has 6 heteroatoms. The largest absolute Gasteiger partial charge is 0.462 e. The topological polar surface area (TPSA) is 55.4 Å². The van der Waals surface area contributed by atoms with Crippen molar-refractivity contribution in [2.75, 3.05) is 6.61 Å². The Balaban J connectivity index is 2.10. The van der Waals surface area contributed by atoms with E-state index in [1.54, 1.807) is 6.92 Å². The SMILES string of the molecule is CC1=C(C(=O)OCC(C)C)C(c2ccc(F)c(F)c2)C2=C(CCCC2=O)N1. The summed E-state index contributed by atoms with van der Waals surface area (Å²) in [5.74, 6) is -3.22. The summed E-state index contributed by atoms with van der Waals surface area (Å²) in [7, 11) is 0. The molecule has 27 heavy (non-hydrogen) atoms. The van der Waals surface area contributed by atoms with Gasteiger partial charge in [0.2, 0.25) is 0 Å². The summed E-state index contributed by atoms with van der Waals surface area (Å²) in [5.41, 5.74) is 2.42. The highest BCUT2D eigenvalue weighted by molar-refractivity contribution is 6.03. The van der Waals surface area contributed by atoms with Gasteiger partial charge in [0.25, 0.3) is 0 Å². The van der Waals surface area contributed by atoms with E-state index in [1.165, 1.54) is 6.07 Å². The first-order chi connectivity index (χ1) is 12.8. The van der Waals surface area contributed by atoms with Crippen LogP contribution in [0.4, 0.5) is 8.78 Å². The smallest absolute Gasteiger partial charge is 0.336 e. The number of halogens is 2. The quantitative estimate of drug-likeness (QED) is 0.804. The van der Waals surface area contributed by atoms with Crippen LogP contribution in [0, 0.1) is 17.6 Å². The van der Waals surface area contributed by atoms with Gasteiger partial charge >= 0.3 is 5.97 Å². The van der Waals surface area contributed by atoms with Gasteiger partial charge in [0, 0.05) is 29.3 Å². The molecule has 0 amide bonds. The van der Waals surface area contributed by atoms with Gasteiger partial charge in [0.05, 0.1) is 12.2 Å². The van der Waals surface area contributed by atoms with Crippen LogP contribution in [0.5, 0.6) is 0 Å². The lowest BCUT2D eigenvalue weighted by atomic mass is 9.75. The Kier molecular flexibility index (Phi) is 5.44. The molecule has 0 saturated heterocycles. The van der Waals surface area contributed by atoms with E-state index >= 15 is 0 Å². The van der Waals surface area contributed by atoms with Crippen LogP contribution >= 0.6 is 0 Å². The molecule has 2 aliphatic rings. The standard InChI is InChI=1S/C21H23F2NO3/c1-11(2)10-27-21(26)18-12(3)24-16-5-4-6-17(25)20(16)19(18)13-7-8-14(22)15(23)9-13/h7-9,11,19,24H,4-6,10H2,1-3H3. The third-order valence-corrected chi connectivity index (χ3v) is 4.82.